The van der Waals surface area contributed by atoms with Gasteiger partial charge in [0.05, 0.1) is 12.0 Å². The van der Waals surface area contributed by atoms with Gasteiger partial charge in [0, 0.05) is 11.1 Å². The van der Waals surface area contributed by atoms with Crippen molar-refractivity contribution < 1.29 is 14.6 Å². The summed E-state index contributed by atoms with van der Waals surface area (Å²) >= 11 is 0. The Hall–Kier alpha value is -3.33. The molecule has 0 saturated carbocycles. The van der Waals surface area contributed by atoms with Crippen LogP contribution in [-0.2, 0) is 21.6 Å². The van der Waals surface area contributed by atoms with Crippen molar-refractivity contribution >= 4 is 5.97 Å². The maximum absolute atomic E-state index is 12.9. The van der Waals surface area contributed by atoms with Gasteiger partial charge < -0.3 is 9.84 Å². The number of cyclic esters (lactones) is 1. The highest BCUT2D eigenvalue weighted by Crippen LogP contribution is 2.43. The van der Waals surface area contributed by atoms with Crippen molar-refractivity contribution in [1.82, 2.24) is 0 Å². The van der Waals surface area contributed by atoms with Crippen LogP contribution >= 0.6 is 0 Å². The third kappa shape index (κ3) is 3.44. The summed E-state index contributed by atoms with van der Waals surface area (Å²) in [5, 5.41) is 10.9. The normalized spacial score (nSPS) is 15.9. The Morgan fingerprint density at radius 3 is 1.75 bits per heavy atom. The molecule has 3 aromatic rings. The molecule has 0 unspecified atom stereocenters. The number of aryl methyl sites for hydroxylation is 1. The van der Waals surface area contributed by atoms with Gasteiger partial charge in [-0.1, -0.05) is 91.0 Å². The molecular weight excluding hydrogens is 348 g/mol. The Balaban J connectivity index is 1.69. The summed E-state index contributed by atoms with van der Waals surface area (Å²) in [4.78, 5) is 12.9. The van der Waals surface area contributed by atoms with E-state index in [0.29, 0.717) is 18.4 Å². The molecule has 3 nitrogen and oxygen atoms in total. The van der Waals surface area contributed by atoms with Gasteiger partial charge in [0.2, 0.25) is 0 Å². The van der Waals surface area contributed by atoms with Gasteiger partial charge in [-0.15, -0.1) is 0 Å². The highest BCUT2D eigenvalue weighted by atomic mass is 16.6. The minimum absolute atomic E-state index is 0.111. The molecule has 0 saturated heterocycles. The lowest BCUT2D eigenvalue weighted by atomic mass is 9.80. The number of hydrogen-bond donors (Lipinski definition) is 1. The van der Waals surface area contributed by atoms with Crippen molar-refractivity contribution in [3.63, 3.8) is 0 Å². The van der Waals surface area contributed by atoms with Crippen LogP contribution in [0.25, 0.3) is 0 Å². The highest BCUT2D eigenvalue weighted by molar-refractivity contribution is 5.90. The van der Waals surface area contributed by atoms with Crippen molar-refractivity contribution in [2.45, 2.75) is 24.9 Å². The van der Waals surface area contributed by atoms with Crippen LogP contribution in [0.15, 0.2) is 102 Å². The molecular formula is C25H22O3. The van der Waals surface area contributed by atoms with E-state index < -0.39 is 11.6 Å². The zero-order valence-electron chi connectivity index (χ0n) is 15.5. The molecule has 140 valence electrons. The molecule has 1 N–H and O–H groups in total. The summed E-state index contributed by atoms with van der Waals surface area (Å²) in [5.74, 6) is -0.340. The van der Waals surface area contributed by atoms with Gasteiger partial charge in [0.25, 0.3) is 0 Å². The monoisotopic (exact) mass is 370 g/mol. The van der Waals surface area contributed by atoms with Crippen LogP contribution in [0.2, 0.25) is 0 Å². The fourth-order valence-electron chi connectivity index (χ4n) is 3.78. The number of carbonyl (C=O) groups excluding carboxylic acids is 1. The molecule has 0 spiro atoms. The molecule has 1 aliphatic heterocycles. The number of aliphatic hydroxyl groups is 1. The van der Waals surface area contributed by atoms with Gasteiger partial charge in [-0.05, 0) is 18.4 Å². The van der Waals surface area contributed by atoms with E-state index in [1.165, 1.54) is 0 Å². The Labute approximate surface area is 164 Å². The average Bonchev–Trinajstić information content (AvgIpc) is 2.75. The topological polar surface area (TPSA) is 46.5 Å². The van der Waals surface area contributed by atoms with Crippen LogP contribution < -0.4 is 0 Å². The van der Waals surface area contributed by atoms with E-state index in [2.05, 4.69) is 0 Å². The first-order valence-corrected chi connectivity index (χ1v) is 9.48. The Morgan fingerprint density at radius 2 is 1.25 bits per heavy atom. The molecule has 0 fully saturated rings. The lowest BCUT2D eigenvalue weighted by Crippen LogP contribution is -2.39. The third-order valence-electron chi connectivity index (χ3n) is 5.26. The zero-order chi connectivity index (χ0) is 19.4. The van der Waals surface area contributed by atoms with Crippen LogP contribution in [0.3, 0.4) is 0 Å². The van der Waals surface area contributed by atoms with Gasteiger partial charge in [-0.3, -0.25) is 0 Å². The summed E-state index contributed by atoms with van der Waals surface area (Å²) in [5.41, 5.74) is 2.18. The number of hydrogen-bond acceptors (Lipinski definition) is 3. The number of benzene rings is 3. The first-order valence-electron chi connectivity index (χ1n) is 9.48. The van der Waals surface area contributed by atoms with E-state index in [1.54, 1.807) is 0 Å². The first kappa shape index (κ1) is 18.1. The fourth-order valence-corrected chi connectivity index (χ4v) is 3.78. The van der Waals surface area contributed by atoms with E-state index in [-0.39, 0.29) is 12.2 Å². The fraction of sp³-hybridized carbons (Fsp3) is 0.160. The predicted octanol–water partition coefficient (Wildman–Crippen LogP) is 5.32. The van der Waals surface area contributed by atoms with Crippen LogP contribution in [-0.4, -0.2) is 11.1 Å². The predicted molar refractivity (Wildman–Crippen MR) is 109 cm³/mol. The second-order valence-electron chi connectivity index (χ2n) is 7.04. The van der Waals surface area contributed by atoms with Crippen LogP contribution in [0.1, 0.15) is 29.5 Å². The number of esters is 1. The lowest BCUT2D eigenvalue weighted by Gasteiger charge is -2.38. The lowest BCUT2D eigenvalue weighted by molar-refractivity contribution is -0.155. The van der Waals surface area contributed by atoms with E-state index in [1.807, 2.05) is 91.0 Å². The number of aliphatic hydroxyl groups excluding tert-OH is 1. The molecule has 0 aliphatic carbocycles. The molecule has 0 radical (unpaired) electrons. The summed E-state index contributed by atoms with van der Waals surface area (Å²) < 4.78 is 6.06. The molecule has 0 amide bonds. The minimum Gasteiger partial charge on any atom is -0.512 e. The Morgan fingerprint density at radius 1 is 0.750 bits per heavy atom. The highest BCUT2D eigenvalue weighted by Gasteiger charge is 2.44. The van der Waals surface area contributed by atoms with Crippen molar-refractivity contribution in [1.29, 1.82) is 0 Å². The molecule has 3 aromatic carbocycles. The number of rotatable bonds is 5. The zero-order valence-corrected chi connectivity index (χ0v) is 15.5. The average molecular weight is 370 g/mol. The maximum Gasteiger partial charge on any atom is 0.338 e. The van der Waals surface area contributed by atoms with Gasteiger partial charge in [-0.25, -0.2) is 4.79 Å². The number of carbonyl (C=O) groups is 1. The van der Waals surface area contributed by atoms with Crippen molar-refractivity contribution in [2.75, 3.05) is 0 Å². The van der Waals surface area contributed by atoms with Crippen molar-refractivity contribution in [3.05, 3.63) is 119 Å². The van der Waals surface area contributed by atoms with Crippen molar-refractivity contribution in [2.24, 2.45) is 0 Å². The molecule has 1 aliphatic rings. The molecule has 0 aromatic heterocycles. The second-order valence-corrected chi connectivity index (χ2v) is 7.04. The molecule has 0 bridgehead atoms. The molecule has 4 rings (SSSR count). The largest absolute Gasteiger partial charge is 0.512 e. The van der Waals surface area contributed by atoms with Gasteiger partial charge >= 0.3 is 5.97 Å². The maximum atomic E-state index is 12.9. The van der Waals surface area contributed by atoms with E-state index in [9.17, 15) is 9.90 Å². The van der Waals surface area contributed by atoms with Crippen molar-refractivity contribution in [3.8, 4) is 0 Å². The molecule has 28 heavy (non-hydrogen) atoms. The Bertz CT molecular complexity index is 937. The quantitative estimate of drug-likeness (QED) is 0.618. The van der Waals surface area contributed by atoms with E-state index in [4.69, 9.17) is 4.74 Å². The molecule has 1 heterocycles. The summed E-state index contributed by atoms with van der Waals surface area (Å²) in [7, 11) is 0. The van der Waals surface area contributed by atoms with Crippen LogP contribution in [0.5, 0.6) is 0 Å². The van der Waals surface area contributed by atoms with Gasteiger partial charge in [0.1, 0.15) is 5.76 Å². The summed E-state index contributed by atoms with van der Waals surface area (Å²) in [6.07, 6.45) is 1.37. The standard InChI is InChI=1S/C25H22O3/c26-23-18-25(20-12-6-2-7-13-20,21-14-8-3-9-15-21)28-24(27)22(23)17-16-19-10-4-1-5-11-19/h1-15,26H,16-18H2. The summed E-state index contributed by atoms with van der Waals surface area (Å²) in [6.45, 7) is 0. The van der Waals surface area contributed by atoms with Crippen LogP contribution in [0, 0.1) is 0 Å². The van der Waals surface area contributed by atoms with Gasteiger partial charge in [0.15, 0.2) is 5.60 Å². The Kier molecular flexibility index (Phi) is 4.98. The molecule has 0 atom stereocenters. The SMILES string of the molecule is O=C1OC(c2ccccc2)(c2ccccc2)CC(O)=C1CCc1ccccc1. The number of ether oxygens (including phenoxy) is 1. The first-order chi connectivity index (χ1) is 13.7. The smallest absolute Gasteiger partial charge is 0.338 e. The second kappa shape index (κ2) is 7.73. The van der Waals surface area contributed by atoms with Gasteiger partial charge in [-0.2, -0.15) is 0 Å². The van der Waals surface area contributed by atoms with E-state index >= 15 is 0 Å². The summed E-state index contributed by atoms with van der Waals surface area (Å²) in [6, 6.07) is 29.2. The minimum atomic E-state index is -1.01. The van der Waals surface area contributed by atoms with Crippen LogP contribution in [0.4, 0.5) is 0 Å². The third-order valence-corrected chi connectivity index (χ3v) is 5.26. The van der Waals surface area contributed by atoms with E-state index in [0.717, 1.165) is 16.7 Å². The molecule has 3 heteroatoms.